The summed E-state index contributed by atoms with van der Waals surface area (Å²) in [5, 5.41) is 0. The van der Waals surface area contributed by atoms with E-state index in [-0.39, 0.29) is 17.9 Å². The molecule has 1 amide bonds. The Hall–Kier alpha value is -1.55. The van der Waals surface area contributed by atoms with Crippen LogP contribution in [-0.2, 0) is 9.53 Å². The van der Waals surface area contributed by atoms with Crippen LogP contribution in [0.25, 0.3) is 0 Å². The lowest BCUT2D eigenvalue weighted by molar-refractivity contribution is -0.126. The van der Waals surface area contributed by atoms with Gasteiger partial charge in [-0.1, -0.05) is 19.1 Å². The molecule has 3 rings (SSSR count). The van der Waals surface area contributed by atoms with Crippen LogP contribution in [-0.4, -0.2) is 31.8 Å². The van der Waals surface area contributed by atoms with E-state index in [4.69, 9.17) is 9.47 Å². The van der Waals surface area contributed by atoms with Gasteiger partial charge >= 0.3 is 0 Å². The molecule has 2 aliphatic heterocycles. The van der Waals surface area contributed by atoms with E-state index in [0.29, 0.717) is 13.2 Å². The van der Waals surface area contributed by atoms with Gasteiger partial charge in [-0.15, -0.1) is 0 Å². The van der Waals surface area contributed by atoms with E-state index in [1.54, 1.807) is 0 Å². The molecule has 2 atom stereocenters. The number of carbonyl (C=O) groups is 1. The van der Waals surface area contributed by atoms with Crippen molar-refractivity contribution in [3.63, 3.8) is 0 Å². The van der Waals surface area contributed by atoms with Gasteiger partial charge < -0.3 is 14.4 Å². The number of fused-ring (bicyclic) bond motifs is 1. The van der Waals surface area contributed by atoms with Crippen LogP contribution in [0.3, 0.4) is 0 Å². The molecule has 2 aliphatic rings. The number of rotatable bonds is 2. The van der Waals surface area contributed by atoms with Crippen LogP contribution in [0.15, 0.2) is 24.3 Å². The van der Waals surface area contributed by atoms with Crippen molar-refractivity contribution in [2.45, 2.75) is 32.3 Å². The van der Waals surface area contributed by atoms with Crippen LogP contribution in [0.2, 0.25) is 0 Å². The van der Waals surface area contributed by atoms with Crippen molar-refractivity contribution in [3.05, 3.63) is 24.3 Å². The fourth-order valence-corrected chi connectivity index (χ4v) is 2.88. The highest BCUT2D eigenvalue weighted by Crippen LogP contribution is 2.35. The van der Waals surface area contributed by atoms with Crippen molar-refractivity contribution in [1.29, 1.82) is 0 Å². The predicted octanol–water partition coefficient (Wildman–Crippen LogP) is 2.62. The van der Waals surface area contributed by atoms with Gasteiger partial charge in [-0.05, 0) is 31.4 Å². The van der Waals surface area contributed by atoms with Crippen LogP contribution in [0, 0.1) is 5.92 Å². The number of hydrogen-bond acceptors (Lipinski definition) is 3. The van der Waals surface area contributed by atoms with Crippen LogP contribution < -0.4 is 9.64 Å². The van der Waals surface area contributed by atoms with Crippen molar-refractivity contribution in [1.82, 2.24) is 0 Å². The SMILES string of the molecule is CCC1CN(C(=O)C2CCCOC2)c2ccccc2O1. The topological polar surface area (TPSA) is 38.8 Å². The molecule has 0 N–H and O–H groups in total. The van der Waals surface area contributed by atoms with Crippen molar-refractivity contribution < 1.29 is 14.3 Å². The molecule has 0 bridgehead atoms. The molecule has 2 heterocycles. The standard InChI is InChI=1S/C16H21NO3/c1-2-13-10-17(14-7-3-4-8-15(14)20-13)16(18)12-6-5-9-19-11-12/h3-4,7-8,12-13H,2,5-6,9-11H2,1H3. The lowest BCUT2D eigenvalue weighted by Crippen LogP contribution is -2.47. The molecule has 0 radical (unpaired) electrons. The van der Waals surface area contributed by atoms with Crippen molar-refractivity contribution in [2.24, 2.45) is 5.92 Å². The number of ether oxygens (including phenoxy) is 2. The van der Waals surface area contributed by atoms with E-state index < -0.39 is 0 Å². The summed E-state index contributed by atoms with van der Waals surface area (Å²) in [5.41, 5.74) is 0.896. The van der Waals surface area contributed by atoms with Gasteiger partial charge in [0.05, 0.1) is 24.8 Å². The van der Waals surface area contributed by atoms with Gasteiger partial charge in [0.1, 0.15) is 11.9 Å². The largest absolute Gasteiger partial charge is 0.486 e. The minimum Gasteiger partial charge on any atom is -0.486 e. The first-order valence-corrected chi connectivity index (χ1v) is 7.44. The normalized spacial score (nSPS) is 25.8. The minimum absolute atomic E-state index is 0.00703. The Labute approximate surface area is 119 Å². The number of nitrogens with zero attached hydrogens (tertiary/aromatic N) is 1. The molecule has 0 aromatic heterocycles. The highest BCUT2D eigenvalue weighted by Gasteiger charge is 2.33. The van der Waals surface area contributed by atoms with Gasteiger partial charge in [0.15, 0.2) is 0 Å². The van der Waals surface area contributed by atoms with Gasteiger partial charge in [-0.2, -0.15) is 0 Å². The maximum absolute atomic E-state index is 12.8. The molecule has 0 saturated carbocycles. The van der Waals surface area contributed by atoms with Crippen molar-refractivity contribution in [3.8, 4) is 5.75 Å². The van der Waals surface area contributed by atoms with E-state index in [0.717, 1.165) is 37.3 Å². The molecule has 1 aromatic rings. The first-order chi connectivity index (χ1) is 9.79. The Kier molecular flexibility index (Phi) is 3.92. The van der Waals surface area contributed by atoms with Crippen molar-refractivity contribution >= 4 is 11.6 Å². The maximum atomic E-state index is 12.8. The second-order valence-electron chi connectivity index (χ2n) is 5.48. The summed E-state index contributed by atoms with van der Waals surface area (Å²) in [6.07, 6.45) is 2.88. The summed E-state index contributed by atoms with van der Waals surface area (Å²) in [7, 11) is 0. The zero-order chi connectivity index (χ0) is 13.9. The summed E-state index contributed by atoms with van der Waals surface area (Å²) in [6, 6.07) is 7.80. The van der Waals surface area contributed by atoms with Crippen LogP contribution in [0.1, 0.15) is 26.2 Å². The van der Waals surface area contributed by atoms with Gasteiger partial charge in [-0.25, -0.2) is 0 Å². The third kappa shape index (κ3) is 2.52. The Morgan fingerprint density at radius 1 is 1.40 bits per heavy atom. The molecule has 108 valence electrons. The van der Waals surface area contributed by atoms with Crippen LogP contribution in [0.5, 0.6) is 5.75 Å². The Bertz CT molecular complexity index is 482. The van der Waals surface area contributed by atoms with E-state index in [1.165, 1.54) is 0 Å². The highest BCUT2D eigenvalue weighted by molar-refractivity contribution is 5.97. The minimum atomic E-state index is -0.00703. The van der Waals surface area contributed by atoms with E-state index in [9.17, 15) is 4.79 Å². The smallest absolute Gasteiger partial charge is 0.232 e. The van der Waals surface area contributed by atoms with E-state index >= 15 is 0 Å². The molecule has 1 aromatic carbocycles. The molecule has 4 heteroatoms. The highest BCUT2D eigenvalue weighted by atomic mass is 16.5. The molecule has 0 aliphatic carbocycles. The molecular weight excluding hydrogens is 254 g/mol. The molecule has 0 spiro atoms. The second kappa shape index (κ2) is 5.83. The van der Waals surface area contributed by atoms with Gasteiger partial charge in [0.2, 0.25) is 5.91 Å². The zero-order valence-corrected chi connectivity index (χ0v) is 11.9. The van der Waals surface area contributed by atoms with Gasteiger partial charge in [-0.3, -0.25) is 4.79 Å². The third-order valence-corrected chi connectivity index (χ3v) is 4.07. The Morgan fingerprint density at radius 3 is 3.00 bits per heavy atom. The third-order valence-electron chi connectivity index (χ3n) is 4.07. The summed E-state index contributed by atoms with van der Waals surface area (Å²) < 4.78 is 11.4. The lowest BCUT2D eigenvalue weighted by Gasteiger charge is -2.37. The van der Waals surface area contributed by atoms with Gasteiger partial charge in [0.25, 0.3) is 0 Å². The number of para-hydroxylation sites is 2. The van der Waals surface area contributed by atoms with Crippen molar-refractivity contribution in [2.75, 3.05) is 24.7 Å². The molecule has 2 unspecified atom stereocenters. The quantitative estimate of drug-likeness (QED) is 0.833. The fraction of sp³-hybridized carbons (Fsp3) is 0.562. The monoisotopic (exact) mass is 275 g/mol. The average molecular weight is 275 g/mol. The maximum Gasteiger partial charge on any atom is 0.232 e. The number of anilines is 1. The summed E-state index contributed by atoms with van der Waals surface area (Å²) >= 11 is 0. The molecule has 1 saturated heterocycles. The Morgan fingerprint density at radius 2 is 2.25 bits per heavy atom. The second-order valence-corrected chi connectivity index (χ2v) is 5.48. The molecule has 1 fully saturated rings. The number of amides is 1. The molecular formula is C16H21NO3. The molecule has 4 nitrogen and oxygen atoms in total. The summed E-state index contributed by atoms with van der Waals surface area (Å²) in [4.78, 5) is 14.7. The van der Waals surface area contributed by atoms with E-state index in [1.807, 2.05) is 29.2 Å². The lowest BCUT2D eigenvalue weighted by atomic mass is 9.99. The summed E-state index contributed by atoms with van der Waals surface area (Å²) in [6.45, 7) is 4.06. The zero-order valence-electron chi connectivity index (χ0n) is 11.9. The fourth-order valence-electron chi connectivity index (χ4n) is 2.88. The number of hydrogen-bond donors (Lipinski definition) is 0. The van der Waals surface area contributed by atoms with Crippen LogP contribution >= 0.6 is 0 Å². The van der Waals surface area contributed by atoms with E-state index in [2.05, 4.69) is 6.92 Å². The summed E-state index contributed by atoms with van der Waals surface area (Å²) in [5.74, 6) is 0.988. The average Bonchev–Trinajstić information content (AvgIpc) is 2.54. The predicted molar refractivity (Wildman–Crippen MR) is 77.0 cm³/mol. The first-order valence-electron chi connectivity index (χ1n) is 7.44. The number of carbonyl (C=O) groups excluding carboxylic acids is 1. The number of benzene rings is 1. The molecule has 20 heavy (non-hydrogen) atoms. The van der Waals surface area contributed by atoms with Gasteiger partial charge in [0, 0.05) is 6.61 Å². The first kappa shape index (κ1) is 13.4. The van der Waals surface area contributed by atoms with Crippen LogP contribution in [0.4, 0.5) is 5.69 Å². The Balaban J connectivity index is 1.85.